The van der Waals surface area contributed by atoms with E-state index in [1.54, 1.807) is 0 Å². The largest absolute Gasteiger partial charge is 0.507 e. The molecule has 0 heterocycles. The molecule has 0 aliphatic heterocycles. The third-order valence-corrected chi connectivity index (χ3v) is 3.60. The van der Waals surface area contributed by atoms with Gasteiger partial charge in [0.25, 0.3) is 0 Å². The zero-order valence-corrected chi connectivity index (χ0v) is 11.6. The predicted octanol–water partition coefficient (Wildman–Crippen LogP) is 3.41. The first-order chi connectivity index (χ1) is 8.27. The van der Waals surface area contributed by atoms with Crippen LogP contribution in [-0.4, -0.2) is 16.2 Å². The SMILES string of the molecule is CCC(C)(C)c1cc(CCC(=O)O)cc(C)c1O. The van der Waals surface area contributed by atoms with Gasteiger partial charge in [0.15, 0.2) is 0 Å². The number of hydrogen-bond donors (Lipinski definition) is 2. The van der Waals surface area contributed by atoms with Crippen LogP contribution in [-0.2, 0) is 16.6 Å². The lowest BCUT2D eigenvalue weighted by molar-refractivity contribution is -0.136. The average Bonchev–Trinajstić information content (AvgIpc) is 2.30. The number of aliphatic carboxylic acids is 1. The fraction of sp³-hybridized carbons (Fsp3) is 0.533. The quantitative estimate of drug-likeness (QED) is 0.842. The summed E-state index contributed by atoms with van der Waals surface area (Å²) in [5.41, 5.74) is 2.60. The third kappa shape index (κ3) is 3.25. The Morgan fingerprint density at radius 3 is 2.44 bits per heavy atom. The minimum Gasteiger partial charge on any atom is -0.507 e. The topological polar surface area (TPSA) is 57.5 Å². The van der Waals surface area contributed by atoms with Crippen LogP contribution in [0.15, 0.2) is 12.1 Å². The predicted molar refractivity (Wildman–Crippen MR) is 72.1 cm³/mol. The van der Waals surface area contributed by atoms with E-state index >= 15 is 0 Å². The molecule has 1 rings (SSSR count). The van der Waals surface area contributed by atoms with Crippen molar-refractivity contribution in [2.75, 3.05) is 0 Å². The summed E-state index contributed by atoms with van der Waals surface area (Å²) in [6, 6.07) is 3.81. The highest BCUT2D eigenvalue weighted by Crippen LogP contribution is 2.36. The van der Waals surface area contributed by atoms with Crippen molar-refractivity contribution in [1.82, 2.24) is 0 Å². The molecule has 3 nitrogen and oxygen atoms in total. The van der Waals surface area contributed by atoms with Gasteiger partial charge in [0, 0.05) is 12.0 Å². The number of aromatic hydroxyl groups is 1. The monoisotopic (exact) mass is 250 g/mol. The molecule has 0 saturated carbocycles. The lowest BCUT2D eigenvalue weighted by Gasteiger charge is -2.26. The van der Waals surface area contributed by atoms with E-state index in [1.807, 2.05) is 19.1 Å². The number of carbonyl (C=O) groups is 1. The molecule has 1 aromatic rings. The normalized spacial score (nSPS) is 11.6. The Kier molecular flexibility index (Phi) is 4.38. The van der Waals surface area contributed by atoms with Gasteiger partial charge in [0.1, 0.15) is 5.75 Å². The number of rotatable bonds is 5. The summed E-state index contributed by atoms with van der Waals surface area (Å²) in [6.07, 6.45) is 1.54. The van der Waals surface area contributed by atoms with E-state index in [2.05, 4.69) is 20.8 Å². The fourth-order valence-corrected chi connectivity index (χ4v) is 1.96. The van der Waals surface area contributed by atoms with Gasteiger partial charge in [-0.1, -0.05) is 32.9 Å². The summed E-state index contributed by atoms with van der Waals surface area (Å²) >= 11 is 0. The van der Waals surface area contributed by atoms with Crippen molar-refractivity contribution in [3.8, 4) is 5.75 Å². The van der Waals surface area contributed by atoms with E-state index in [9.17, 15) is 9.90 Å². The fourth-order valence-electron chi connectivity index (χ4n) is 1.96. The van der Waals surface area contributed by atoms with Crippen molar-refractivity contribution in [3.05, 3.63) is 28.8 Å². The molecule has 0 amide bonds. The standard InChI is InChI=1S/C15H22O3/c1-5-15(3,4)12-9-11(6-7-13(16)17)8-10(2)14(12)18/h8-9,18H,5-7H2,1-4H3,(H,16,17). The van der Waals surface area contributed by atoms with Crippen LogP contribution in [0.5, 0.6) is 5.75 Å². The third-order valence-electron chi connectivity index (χ3n) is 3.60. The van der Waals surface area contributed by atoms with Gasteiger partial charge in [-0.05, 0) is 36.3 Å². The summed E-state index contributed by atoms with van der Waals surface area (Å²) in [7, 11) is 0. The molecule has 0 aromatic heterocycles. The van der Waals surface area contributed by atoms with E-state index in [0.29, 0.717) is 12.2 Å². The number of phenols is 1. The van der Waals surface area contributed by atoms with Crippen molar-refractivity contribution >= 4 is 5.97 Å². The number of hydrogen-bond acceptors (Lipinski definition) is 2. The Hall–Kier alpha value is -1.51. The van der Waals surface area contributed by atoms with Gasteiger partial charge in [-0.3, -0.25) is 4.79 Å². The highest BCUT2D eigenvalue weighted by atomic mass is 16.4. The van der Waals surface area contributed by atoms with E-state index in [1.165, 1.54) is 0 Å². The van der Waals surface area contributed by atoms with Gasteiger partial charge in [0.2, 0.25) is 0 Å². The van der Waals surface area contributed by atoms with E-state index in [4.69, 9.17) is 5.11 Å². The molecule has 18 heavy (non-hydrogen) atoms. The average molecular weight is 250 g/mol. The lowest BCUT2D eigenvalue weighted by Crippen LogP contribution is -2.16. The Balaban J connectivity index is 3.14. The molecule has 0 aliphatic carbocycles. The molecule has 1 aromatic carbocycles. The molecule has 0 atom stereocenters. The number of phenolic OH excluding ortho intramolecular Hbond substituents is 1. The zero-order chi connectivity index (χ0) is 13.9. The van der Waals surface area contributed by atoms with Gasteiger partial charge in [-0.2, -0.15) is 0 Å². The number of benzene rings is 1. The molecule has 0 bridgehead atoms. The molecular weight excluding hydrogens is 228 g/mol. The van der Waals surface area contributed by atoms with Crippen LogP contribution in [0.2, 0.25) is 0 Å². The second kappa shape index (κ2) is 5.42. The Morgan fingerprint density at radius 2 is 1.94 bits per heavy atom. The highest BCUT2D eigenvalue weighted by Gasteiger charge is 2.23. The minimum absolute atomic E-state index is 0.103. The first-order valence-electron chi connectivity index (χ1n) is 6.32. The smallest absolute Gasteiger partial charge is 0.303 e. The highest BCUT2D eigenvalue weighted by molar-refractivity contribution is 5.67. The van der Waals surface area contributed by atoms with Gasteiger partial charge in [0.05, 0.1) is 0 Å². The number of carboxylic acids is 1. The molecule has 0 fully saturated rings. The van der Waals surface area contributed by atoms with Crippen LogP contribution >= 0.6 is 0 Å². The first-order valence-corrected chi connectivity index (χ1v) is 6.32. The maximum absolute atomic E-state index is 10.6. The maximum atomic E-state index is 10.6. The summed E-state index contributed by atoms with van der Waals surface area (Å²) < 4.78 is 0. The van der Waals surface area contributed by atoms with Crippen LogP contribution in [0.1, 0.15) is 50.3 Å². The molecule has 0 radical (unpaired) electrons. The zero-order valence-electron chi connectivity index (χ0n) is 11.6. The van der Waals surface area contributed by atoms with Crippen LogP contribution in [0.25, 0.3) is 0 Å². The number of aryl methyl sites for hydroxylation is 2. The Bertz CT molecular complexity index is 447. The van der Waals surface area contributed by atoms with Crippen LogP contribution in [0.4, 0.5) is 0 Å². The van der Waals surface area contributed by atoms with Gasteiger partial charge < -0.3 is 10.2 Å². The maximum Gasteiger partial charge on any atom is 0.303 e. The van der Waals surface area contributed by atoms with Gasteiger partial charge in [-0.15, -0.1) is 0 Å². The van der Waals surface area contributed by atoms with Crippen molar-refractivity contribution in [1.29, 1.82) is 0 Å². The van der Waals surface area contributed by atoms with E-state index in [-0.39, 0.29) is 11.8 Å². The van der Waals surface area contributed by atoms with E-state index < -0.39 is 5.97 Å². The second-order valence-corrected chi connectivity index (χ2v) is 5.44. The minimum atomic E-state index is -0.794. The number of carboxylic acid groups (broad SMARTS) is 1. The van der Waals surface area contributed by atoms with Crippen LogP contribution < -0.4 is 0 Å². The second-order valence-electron chi connectivity index (χ2n) is 5.44. The van der Waals surface area contributed by atoms with Crippen molar-refractivity contribution in [3.63, 3.8) is 0 Å². The van der Waals surface area contributed by atoms with Gasteiger partial charge >= 0.3 is 5.97 Å². The van der Waals surface area contributed by atoms with Crippen LogP contribution in [0.3, 0.4) is 0 Å². The molecule has 100 valence electrons. The van der Waals surface area contributed by atoms with Crippen molar-refractivity contribution in [2.45, 2.75) is 52.4 Å². The van der Waals surface area contributed by atoms with Crippen molar-refractivity contribution < 1.29 is 15.0 Å². The summed E-state index contributed by atoms with van der Waals surface area (Å²) in [5, 5.41) is 18.9. The molecule has 0 saturated heterocycles. The molecular formula is C15H22O3. The summed E-state index contributed by atoms with van der Waals surface area (Å²) in [5.74, 6) is -0.460. The summed E-state index contributed by atoms with van der Waals surface area (Å²) in [4.78, 5) is 10.6. The summed E-state index contributed by atoms with van der Waals surface area (Å²) in [6.45, 7) is 8.11. The van der Waals surface area contributed by atoms with Crippen LogP contribution in [0, 0.1) is 6.92 Å². The lowest BCUT2D eigenvalue weighted by atomic mass is 9.80. The molecule has 0 unspecified atom stereocenters. The molecule has 0 aliphatic rings. The molecule has 2 N–H and O–H groups in total. The molecule has 0 spiro atoms. The first kappa shape index (κ1) is 14.6. The molecule has 3 heteroatoms. The van der Waals surface area contributed by atoms with Crippen molar-refractivity contribution in [2.24, 2.45) is 0 Å². The Morgan fingerprint density at radius 1 is 1.33 bits per heavy atom. The Labute approximate surface area is 108 Å². The van der Waals surface area contributed by atoms with Gasteiger partial charge in [-0.25, -0.2) is 0 Å². The van der Waals surface area contributed by atoms with E-state index in [0.717, 1.165) is 23.1 Å².